The predicted molar refractivity (Wildman–Crippen MR) is 70.6 cm³/mol. The van der Waals surface area contributed by atoms with E-state index in [0.29, 0.717) is 30.3 Å². The Balaban J connectivity index is 2.16. The Kier molecular flexibility index (Phi) is 3.01. The summed E-state index contributed by atoms with van der Waals surface area (Å²) in [7, 11) is 0. The lowest BCUT2D eigenvalue weighted by Gasteiger charge is -2.50. The summed E-state index contributed by atoms with van der Waals surface area (Å²) in [6.45, 7) is 11.1. The Morgan fingerprint density at radius 1 is 1.28 bits per heavy atom. The fraction of sp³-hybridized carbons (Fsp3) is 0.643. The maximum Gasteiger partial charge on any atom is 0.257 e. The molecule has 0 aromatic carbocycles. The van der Waals surface area contributed by atoms with Gasteiger partial charge in [0.15, 0.2) is 0 Å². The molecule has 4 heteroatoms. The van der Waals surface area contributed by atoms with Gasteiger partial charge in [-0.1, -0.05) is 13.8 Å². The lowest BCUT2D eigenvalue weighted by atomic mass is 9.80. The van der Waals surface area contributed by atoms with Gasteiger partial charge in [-0.05, 0) is 26.7 Å². The van der Waals surface area contributed by atoms with Crippen molar-refractivity contribution >= 4 is 5.91 Å². The first kappa shape index (κ1) is 13.1. The number of likely N-dealkylation sites (tertiary alicyclic amines) is 1. The first-order valence-corrected chi connectivity index (χ1v) is 6.41. The van der Waals surface area contributed by atoms with Gasteiger partial charge < -0.3 is 15.1 Å². The highest BCUT2D eigenvalue weighted by Gasteiger charge is 2.45. The van der Waals surface area contributed by atoms with E-state index in [9.17, 15) is 4.79 Å². The van der Waals surface area contributed by atoms with Crippen LogP contribution >= 0.6 is 0 Å². The van der Waals surface area contributed by atoms with Gasteiger partial charge in [0.1, 0.15) is 11.5 Å². The number of aryl methyl sites for hydroxylation is 2. The van der Waals surface area contributed by atoms with Crippen molar-refractivity contribution < 1.29 is 9.21 Å². The van der Waals surface area contributed by atoms with Crippen LogP contribution in [0, 0.1) is 26.7 Å². The summed E-state index contributed by atoms with van der Waals surface area (Å²) in [5, 5.41) is 0. The van der Waals surface area contributed by atoms with Crippen molar-refractivity contribution in [2.45, 2.75) is 40.2 Å². The van der Waals surface area contributed by atoms with Crippen LogP contribution in [0.2, 0.25) is 0 Å². The molecule has 1 saturated heterocycles. The zero-order valence-electron chi connectivity index (χ0n) is 11.8. The Morgan fingerprint density at radius 2 is 1.83 bits per heavy atom. The number of hydrogen-bond acceptors (Lipinski definition) is 3. The van der Waals surface area contributed by atoms with Gasteiger partial charge in [-0.3, -0.25) is 4.79 Å². The molecule has 1 fully saturated rings. The minimum atomic E-state index is -0.226. The molecule has 0 atom stereocenters. The Bertz CT molecular complexity index is 482. The van der Waals surface area contributed by atoms with Crippen LogP contribution < -0.4 is 5.73 Å². The summed E-state index contributed by atoms with van der Waals surface area (Å²) in [5.74, 6) is 1.95. The summed E-state index contributed by atoms with van der Waals surface area (Å²) >= 11 is 0. The van der Waals surface area contributed by atoms with Gasteiger partial charge >= 0.3 is 0 Å². The van der Waals surface area contributed by atoms with Crippen LogP contribution in [0.15, 0.2) is 4.42 Å². The number of amides is 1. The zero-order chi connectivity index (χ0) is 13.7. The molecular weight excluding hydrogens is 228 g/mol. The third-order valence-electron chi connectivity index (χ3n) is 4.18. The summed E-state index contributed by atoms with van der Waals surface area (Å²) in [4.78, 5) is 14.2. The molecule has 1 aromatic rings. The molecule has 18 heavy (non-hydrogen) atoms. The summed E-state index contributed by atoms with van der Waals surface area (Å²) in [5.41, 5.74) is 7.64. The van der Waals surface area contributed by atoms with E-state index >= 15 is 0 Å². The molecule has 0 radical (unpaired) electrons. The SMILES string of the molecule is Cc1oc(C)c(C(=O)N2CC(N)(C(C)C)C2)c1C. The molecule has 1 amide bonds. The molecule has 1 aliphatic rings. The number of nitrogens with two attached hydrogens (primary N) is 1. The lowest BCUT2D eigenvalue weighted by molar-refractivity contribution is 0.0273. The molecule has 2 rings (SSSR count). The molecule has 0 saturated carbocycles. The Morgan fingerprint density at radius 3 is 2.22 bits per heavy atom. The van der Waals surface area contributed by atoms with Gasteiger partial charge in [0.25, 0.3) is 5.91 Å². The van der Waals surface area contributed by atoms with Gasteiger partial charge in [-0.2, -0.15) is 0 Å². The molecule has 1 aromatic heterocycles. The van der Waals surface area contributed by atoms with Crippen molar-refractivity contribution in [2.75, 3.05) is 13.1 Å². The van der Waals surface area contributed by atoms with Gasteiger partial charge in [-0.15, -0.1) is 0 Å². The Labute approximate surface area is 108 Å². The lowest BCUT2D eigenvalue weighted by Crippen LogP contribution is -2.71. The van der Waals surface area contributed by atoms with Crippen molar-refractivity contribution in [3.63, 3.8) is 0 Å². The van der Waals surface area contributed by atoms with Crippen LogP contribution in [0.5, 0.6) is 0 Å². The third kappa shape index (κ3) is 1.85. The molecule has 0 unspecified atom stereocenters. The number of rotatable bonds is 2. The van der Waals surface area contributed by atoms with Gasteiger partial charge in [-0.25, -0.2) is 0 Å². The Hall–Kier alpha value is -1.29. The molecule has 0 spiro atoms. The first-order valence-electron chi connectivity index (χ1n) is 6.41. The fourth-order valence-electron chi connectivity index (χ4n) is 2.44. The van der Waals surface area contributed by atoms with Crippen molar-refractivity contribution in [1.29, 1.82) is 0 Å². The zero-order valence-corrected chi connectivity index (χ0v) is 11.8. The average Bonchev–Trinajstić information content (AvgIpc) is 2.47. The van der Waals surface area contributed by atoms with E-state index in [1.54, 1.807) is 0 Å². The highest BCUT2D eigenvalue weighted by molar-refractivity contribution is 5.97. The molecule has 2 N–H and O–H groups in total. The second kappa shape index (κ2) is 4.12. The van der Waals surface area contributed by atoms with E-state index in [1.165, 1.54) is 0 Å². The largest absolute Gasteiger partial charge is 0.466 e. The molecule has 2 heterocycles. The number of carbonyl (C=O) groups is 1. The number of nitrogens with zero attached hydrogens (tertiary/aromatic N) is 1. The van der Waals surface area contributed by atoms with Crippen LogP contribution in [-0.4, -0.2) is 29.4 Å². The molecule has 0 bridgehead atoms. The maximum atomic E-state index is 12.4. The van der Waals surface area contributed by atoms with Gasteiger partial charge in [0.2, 0.25) is 0 Å². The van der Waals surface area contributed by atoms with E-state index in [2.05, 4.69) is 13.8 Å². The van der Waals surface area contributed by atoms with E-state index in [0.717, 1.165) is 11.3 Å². The van der Waals surface area contributed by atoms with Crippen LogP contribution in [0.4, 0.5) is 0 Å². The highest BCUT2D eigenvalue weighted by atomic mass is 16.3. The first-order chi connectivity index (χ1) is 8.26. The smallest absolute Gasteiger partial charge is 0.257 e. The van der Waals surface area contributed by atoms with Crippen molar-refractivity contribution in [1.82, 2.24) is 4.90 Å². The van der Waals surface area contributed by atoms with Crippen LogP contribution in [0.25, 0.3) is 0 Å². The highest BCUT2D eigenvalue weighted by Crippen LogP contribution is 2.30. The van der Waals surface area contributed by atoms with Gasteiger partial charge in [0, 0.05) is 18.7 Å². The van der Waals surface area contributed by atoms with Gasteiger partial charge in [0.05, 0.1) is 11.1 Å². The third-order valence-corrected chi connectivity index (χ3v) is 4.18. The fourth-order valence-corrected chi connectivity index (χ4v) is 2.44. The van der Waals surface area contributed by atoms with Crippen LogP contribution in [0.3, 0.4) is 0 Å². The summed E-state index contributed by atoms with van der Waals surface area (Å²) in [6.07, 6.45) is 0. The average molecular weight is 250 g/mol. The number of hydrogen-bond donors (Lipinski definition) is 1. The minimum Gasteiger partial charge on any atom is -0.466 e. The van der Waals surface area contributed by atoms with Crippen molar-refractivity contribution in [2.24, 2.45) is 11.7 Å². The monoisotopic (exact) mass is 250 g/mol. The minimum absolute atomic E-state index is 0.0450. The second-order valence-electron chi connectivity index (χ2n) is 5.76. The van der Waals surface area contributed by atoms with E-state index in [4.69, 9.17) is 10.2 Å². The quantitative estimate of drug-likeness (QED) is 0.873. The van der Waals surface area contributed by atoms with Crippen LogP contribution in [-0.2, 0) is 0 Å². The normalized spacial score (nSPS) is 18.1. The summed E-state index contributed by atoms with van der Waals surface area (Å²) < 4.78 is 5.51. The van der Waals surface area contributed by atoms with Crippen molar-refractivity contribution in [3.05, 3.63) is 22.6 Å². The summed E-state index contributed by atoms with van der Waals surface area (Å²) in [6, 6.07) is 0. The molecule has 100 valence electrons. The van der Waals surface area contributed by atoms with Crippen molar-refractivity contribution in [3.8, 4) is 0 Å². The molecule has 4 nitrogen and oxygen atoms in total. The maximum absolute atomic E-state index is 12.4. The number of furan rings is 1. The van der Waals surface area contributed by atoms with E-state index < -0.39 is 0 Å². The van der Waals surface area contributed by atoms with E-state index in [-0.39, 0.29) is 11.4 Å². The molecule has 1 aliphatic heterocycles. The topological polar surface area (TPSA) is 59.5 Å². The molecular formula is C14H22N2O2. The second-order valence-corrected chi connectivity index (χ2v) is 5.76. The molecule has 0 aliphatic carbocycles. The number of carbonyl (C=O) groups excluding carboxylic acids is 1. The standard InChI is InChI=1S/C14H22N2O2/c1-8(2)14(15)6-16(7-14)13(17)12-9(3)10(4)18-11(12)5/h8H,6-7,15H2,1-5H3. The van der Waals surface area contributed by atoms with Crippen LogP contribution in [0.1, 0.15) is 41.3 Å². The predicted octanol–water partition coefficient (Wildman–Crippen LogP) is 2.01. The van der Waals surface area contributed by atoms with E-state index in [1.807, 2.05) is 25.7 Å².